The first-order chi connectivity index (χ1) is 14.0. The Morgan fingerprint density at radius 3 is 2.37 bits per heavy atom. The molecule has 0 fully saturated rings. The fourth-order valence-electron chi connectivity index (χ4n) is 2.97. The number of nitrogens with two attached hydrogens (primary N) is 1. The van der Waals surface area contributed by atoms with Gasteiger partial charge in [0.1, 0.15) is 22.5 Å². The van der Waals surface area contributed by atoms with Crippen LogP contribution in [0, 0.1) is 5.82 Å². The lowest BCUT2D eigenvalue weighted by Crippen LogP contribution is -2.39. The van der Waals surface area contributed by atoms with Crippen molar-refractivity contribution >= 4 is 21.8 Å². The Balaban J connectivity index is 2.49. The van der Waals surface area contributed by atoms with Crippen molar-refractivity contribution in [3.8, 4) is 5.75 Å². The van der Waals surface area contributed by atoms with E-state index >= 15 is 0 Å². The van der Waals surface area contributed by atoms with Crippen molar-refractivity contribution in [2.24, 2.45) is 5.73 Å². The summed E-state index contributed by atoms with van der Waals surface area (Å²) in [5.41, 5.74) is 5.64. The van der Waals surface area contributed by atoms with Crippen molar-refractivity contribution in [2.75, 3.05) is 14.2 Å². The number of ether oxygens (including phenoxy) is 1. The molecule has 2 aromatic rings. The third-order valence-corrected chi connectivity index (χ3v) is 5.91. The normalized spacial score (nSPS) is 12.5. The number of hydrogen-bond acceptors (Lipinski definition) is 5. The van der Waals surface area contributed by atoms with Crippen LogP contribution < -0.4 is 15.2 Å². The SMILES string of the molecule is COc1ccc(C(=O)N(C)C(C(N)=O)c2cccc(F)c2)cc1S(=O)(=O)NC(C)C. The van der Waals surface area contributed by atoms with E-state index in [1.807, 2.05) is 0 Å². The molecule has 3 N–H and O–H groups in total. The highest BCUT2D eigenvalue weighted by Crippen LogP contribution is 2.27. The Morgan fingerprint density at radius 2 is 1.83 bits per heavy atom. The van der Waals surface area contributed by atoms with Crippen molar-refractivity contribution in [3.63, 3.8) is 0 Å². The average molecular weight is 437 g/mol. The Bertz CT molecular complexity index is 1060. The number of rotatable bonds is 8. The molecule has 8 nitrogen and oxygen atoms in total. The number of nitrogens with zero attached hydrogens (tertiary/aromatic N) is 1. The Hall–Kier alpha value is -2.98. The lowest BCUT2D eigenvalue weighted by atomic mass is 10.0. The maximum absolute atomic E-state index is 13.6. The van der Waals surface area contributed by atoms with Crippen molar-refractivity contribution in [1.29, 1.82) is 0 Å². The topological polar surface area (TPSA) is 119 Å². The number of carbonyl (C=O) groups is 2. The van der Waals surface area contributed by atoms with E-state index in [4.69, 9.17) is 10.5 Å². The van der Waals surface area contributed by atoms with Crippen molar-refractivity contribution in [2.45, 2.75) is 30.8 Å². The first-order valence-corrected chi connectivity index (χ1v) is 10.5. The lowest BCUT2D eigenvalue weighted by Gasteiger charge is -2.26. The van der Waals surface area contributed by atoms with Crippen LogP contribution in [0.2, 0.25) is 0 Å². The number of likely N-dealkylation sites (N-methyl/N-ethyl adjacent to an activating group) is 1. The Morgan fingerprint density at radius 1 is 1.17 bits per heavy atom. The molecule has 2 rings (SSSR count). The van der Waals surface area contributed by atoms with Crippen LogP contribution in [0.25, 0.3) is 0 Å². The second-order valence-corrected chi connectivity index (χ2v) is 8.60. The van der Waals surface area contributed by atoms with E-state index in [1.165, 1.54) is 44.5 Å². The zero-order valence-corrected chi connectivity index (χ0v) is 17.9. The van der Waals surface area contributed by atoms with Gasteiger partial charge in [-0.2, -0.15) is 0 Å². The maximum atomic E-state index is 13.6. The summed E-state index contributed by atoms with van der Waals surface area (Å²) in [4.78, 5) is 25.8. The quantitative estimate of drug-likeness (QED) is 0.653. The smallest absolute Gasteiger partial charge is 0.254 e. The van der Waals surface area contributed by atoms with E-state index in [0.29, 0.717) is 0 Å². The van der Waals surface area contributed by atoms with Crippen LogP contribution in [0.4, 0.5) is 4.39 Å². The van der Waals surface area contributed by atoms with Crippen LogP contribution in [0.3, 0.4) is 0 Å². The van der Waals surface area contributed by atoms with Crippen LogP contribution in [0.15, 0.2) is 47.4 Å². The summed E-state index contributed by atoms with van der Waals surface area (Å²) in [6, 6.07) is 7.42. The second kappa shape index (κ2) is 9.23. The van der Waals surface area contributed by atoms with Crippen LogP contribution in [-0.2, 0) is 14.8 Å². The van der Waals surface area contributed by atoms with E-state index in [9.17, 15) is 22.4 Å². The predicted octanol–water partition coefficient (Wildman–Crippen LogP) is 1.82. The monoisotopic (exact) mass is 437 g/mol. The van der Waals surface area contributed by atoms with Gasteiger partial charge < -0.3 is 15.4 Å². The number of carbonyl (C=O) groups excluding carboxylic acids is 2. The third kappa shape index (κ3) is 5.14. The van der Waals surface area contributed by atoms with Gasteiger partial charge in [-0.25, -0.2) is 17.5 Å². The third-order valence-electron chi connectivity index (χ3n) is 4.23. The standard InChI is InChI=1S/C20H24FN3O5S/c1-12(2)23-30(27,28)17-11-14(8-9-16(17)29-4)20(26)24(3)18(19(22)25)13-6-5-7-15(21)10-13/h5-12,18,23H,1-4H3,(H2,22,25). The van der Waals surface area contributed by atoms with Gasteiger partial charge in [0.25, 0.3) is 5.91 Å². The zero-order chi connectivity index (χ0) is 22.6. The van der Waals surface area contributed by atoms with Crippen LogP contribution in [0.1, 0.15) is 35.8 Å². The molecule has 0 saturated carbocycles. The van der Waals surface area contributed by atoms with E-state index < -0.39 is 33.7 Å². The molecule has 0 saturated heterocycles. The molecular weight excluding hydrogens is 413 g/mol. The van der Waals surface area contributed by atoms with Gasteiger partial charge in [0.15, 0.2) is 0 Å². The molecule has 30 heavy (non-hydrogen) atoms. The number of halogens is 1. The van der Waals surface area contributed by atoms with E-state index in [0.717, 1.165) is 17.0 Å². The van der Waals surface area contributed by atoms with Crippen LogP contribution in [0.5, 0.6) is 5.75 Å². The number of sulfonamides is 1. The number of benzene rings is 2. The predicted molar refractivity (Wildman–Crippen MR) is 109 cm³/mol. The van der Waals surface area contributed by atoms with Gasteiger partial charge in [-0.3, -0.25) is 9.59 Å². The number of primary amides is 1. The summed E-state index contributed by atoms with van der Waals surface area (Å²) in [5.74, 6) is -2.07. The molecule has 0 aliphatic rings. The minimum absolute atomic E-state index is 0.00918. The average Bonchev–Trinajstić information content (AvgIpc) is 2.65. The lowest BCUT2D eigenvalue weighted by molar-refractivity contribution is -0.122. The number of nitrogens with one attached hydrogen (secondary N) is 1. The molecule has 0 radical (unpaired) electrons. The highest BCUT2D eigenvalue weighted by atomic mass is 32.2. The van der Waals surface area contributed by atoms with Crippen LogP contribution >= 0.6 is 0 Å². The van der Waals surface area contributed by atoms with Gasteiger partial charge in [-0.15, -0.1) is 0 Å². The van der Waals surface area contributed by atoms with Crippen molar-refractivity contribution < 1.29 is 27.1 Å². The molecule has 0 bridgehead atoms. The molecule has 2 amide bonds. The Kier molecular flexibility index (Phi) is 7.16. The molecular formula is C20H24FN3O5S. The first kappa shape index (κ1) is 23.3. The molecule has 1 unspecified atom stereocenters. The highest BCUT2D eigenvalue weighted by molar-refractivity contribution is 7.89. The molecule has 0 aliphatic heterocycles. The summed E-state index contributed by atoms with van der Waals surface area (Å²) in [5, 5.41) is 0. The summed E-state index contributed by atoms with van der Waals surface area (Å²) >= 11 is 0. The molecule has 162 valence electrons. The largest absolute Gasteiger partial charge is 0.495 e. The molecule has 0 heterocycles. The fourth-order valence-corrected chi connectivity index (χ4v) is 4.42. The first-order valence-electron chi connectivity index (χ1n) is 9.00. The molecule has 0 aromatic heterocycles. The molecule has 2 aromatic carbocycles. The van der Waals surface area contributed by atoms with E-state index in [2.05, 4.69) is 4.72 Å². The Labute approximate surface area is 174 Å². The minimum Gasteiger partial charge on any atom is -0.495 e. The minimum atomic E-state index is -3.97. The van der Waals surface area contributed by atoms with Crippen molar-refractivity contribution in [3.05, 3.63) is 59.4 Å². The molecule has 10 heteroatoms. The van der Waals surface area contributed by atoms with E-state index in [1.54, 1.807) is 13.8 Å². The van der Waals surface area contributed by atoms with E-state index in [-0.39, 0.29) is 27.8 Å². The highest BCUT2D eigenvalue weighted by Gasteiger charge is 2.29. The summed E-state index contributed by atoms with van der Waals surface area (Å²) in [7, 11) is -1.33. The maximum Gasteiger partial charge on any atom is 0.254 e. The van der Waals surface area contributed by atoms with Gasteiger partial charge in [0.2, 0.25) is 15.9 Å². The van der Waals surface area contributed by atoms with Gasteiger partial charge >= 0.3 is 0 Å². The molecule has 1 atom stereocenters. The second-order valence-electron chi connectivity index (χ2n) is 6.92. The van der Waals surface area contributed by atoms with Crippen LogP contribution in [-0.4, -0.2) is 45.3 Å². The summed E-state index contributed by atoms with van der Waals surface area (Å²) in [6.45, 7) is 3.31. The summed E-state index contributed by atoms with van der Waals surface area (Å²) < 4.78 is 46.4. The van der Waals surface area contributed by atoms with Gasteiger partial charge in [0, 0.05) is 18.7 Å². The zero-order valence-electron chi connectivity index (χ0n) is 17.0. The number of methoxy groups -OCH3 is 1. The molecule has 0 spiro atoms. The van der Waals surface area contributed by atoms with Gasteiger partial charge in [0.05, 0.1) is 7.11 Å². The number of hydrogen-bond donors (Lipinski definition) is 2. The molecule has 0 aliphatic carbocycles. The van der Waals surface area contributed by atoms with Gasteiger partial charge in [-0.1, -0.05) is 12.1 Å². The van der Waals surface area contributed by atoms with Crippen molar-refractivity contribution in [1.82, 2.24) is 9.62 Å². The fraction of sp³-hybridized carbons (Fsp3) is 0.300. The summed E-state index contributed by atoms with van der Waals surface area (Å²) in [6.07, 6.45) is 0. The van der Waals surface area contributed by atoms with Gasteiger partial charge in [-0.05, 0) is 49.7 Å². The number of amides is 2.